The molecule has 3 aromatic rings. The first-order valence-electron chi connectivity index (χ1n) is 6.73. The summed E-state index contributed by atoms with van der Waals surface area (Å²) in [7, 11) is 0. The highest BCUT2D eigenvalue weighted by atomic mass is 79.9. The molecule has 2 aromatic carbocycles. The zero-order chi connectivity index (χ0) is 15.5. The van der Waals surface area contributed by atoms with Crippen molar-refractivity contribution in [3.05, 3.63) is 76.5 Å². The molecule has 0 fully saturated rings. The second-order valence-corrected chi connectivity index (χ2v) is 5.81. The fourth-order valence-electron chi connectivity index (χ4n) is 2.32. The maximum absolute atomic E-state index is 11.1. The topological polar surface area (TPSA) is 55.1 Å². The Morgan fingerprint density at radius 3 is 2.77 bits per heavy atom. The fraction of sp³-hybridized carbons (Fsp3) is 0.0588. The van der Waals surface area contributed by atoms with E-state index in [0.717, 1.165) is 21.4 Å². The van der Waals surface area contributed by atoms with E-state index in [1.54, 1.807) is 24.4 Å². The summed E-state index contributed by atoms with van der Waals surface area (Å²) in [6.07, 6.45) is 3.64. The maximum atomic E-state index is 11.1. The van der Waals surface area contributed by atoms with Gasteiger partial charge in [0.25, 0.3) is 0 Å². The largest absolute Gasteiger partial charge is 0.478 e. The van der Waals surface area contributed by atoms with E-state index in [1.165, 1.54) is 0 Å². The number of benzene rings is 2. The van der Waals surface area contributed by atoms with Gasteiger partial charge in [-0.1, -0.05) is 40.2 Å². The van der Waals surface area contributed by atoms with Crippen molar-refractivity contribution < 1.29 is 9.90 Å². The number of aromatic carboxylic acids is 1. The van der Waals surface area contributed by atoms with E-state index < -0.39 is 5.97 Å². The van der Waals surface area contributed by atoms with E-state index in [2.05, 4.69) is 20.9 Å². The highest BCUT2D eigenvalue weighted by Gasteiger charge is 2.08. The van der Waals surface area contributed by atoms with Crippen LogP contribution in [0.5, 0.6) is 0 Å². The van der Waals surface area contributed by atoms with Crippen LogP contribution >= 0.6 is 15.9 Å². The number of carboxylic acids is 1. The first-order valence-corrected chi connectivity index (χ1v) is 7.52. The Balaban J connectivity index is 1.93. The fourth-order valence-corrected chi connectivity index (χ4v) is 2.72. The molecule has 0 spiro atoms. The van der Waals surface area contributed by atoms with Crippen LogP contribution in [0.2, 0.25) is 0 Å². The highest BCUT2D eigenvalue weighted by molar-refractivity contribution is 9.10. The van der Waals surface area contributed by atoms with Crippen LogP contribution in [0, 0.1) is 0 Å². The molecule has 0 bridgehead atoms. The Hall–Kier alpha value is -2.40. The molecule has 22 heavy (non-hydrogen) atoms. The van der Waals surface area contributed by atoms with Crippen molar-refractivity contribution in [2.45, 2.75) is 6.54 Å². The monoisotopic (exact) mass is 356 g/mol. The predicted octanol–water partition coefficient (Wildman–Crippen LogP) is 4.06. The number of rotatable bonds is 4. The Labute approximate surface area is 136 Å². The van der Waals surface area contributed by atoms with Crippen molar-refractivity contribution in [3.63, 3.8) is 0 Å². The summed E-state index contributed by atoms with van der Waals surface area (Å²) in [6.45, 7) is 0.572. The van der Waals surface area contributed by atoms with E-state index >= 15 is 0 Å². The van der Waals surface area contributed by atoms with Crippen LogP contribution in [0.15, 0.2) is 65.4 Å². The number of nitrogens with zero attached hydrogens (tertiary/aromatic N) is 2. The quantitative estimate of drug-likeness (QED) is 0.766. The van der Waals surface area contributed by atoms with Crippen LogP contribution in [-0.4, -0.2) is 20.6 Å². The molecule has 1 heterocycles. The lowest BCUT2D eigenvalue weighted by Crippen LogP contribution is -2.03. The van der Waals surface area contributed by atoms with Crippen LogP contribution in [0.25, 0.3) is 11.4 Å². The highest BCUT2D eigenvalue weighted by Crippen LogP contribution is 2.22. The van der Waals surface area contributed by atoms with E-state index in [1.807, 2.05) is 41.1 Å². The molecule has 0 aliphatic heterocycles. The summed E-state index contributed by atoms with van der Waals surface area (Å²) in [5, 5.41) is 9.07. The normalized spacial score (nSPS) is 10.6. The van der Waals surface area contributed by atoms with Crippen molar-refractivity contribution in [1.82, 2.24) is 9.55 Å². The third-order valence-electron chi connectivity index (χ3n) is 3.33. The zero-order valence-electron chi connectivity index (χ0n) is 11.6. The van der Waals surface area contributed by atoms with Crippen molar-refractivity contribution >= 4 is 21.9 Å². The minimum Gasteiger partial charge on any atom is -0.478 e. The van der Waals surface area contributed by atoms with Gasteiger partial charge in [0.2, 0.25) is 0 Å². The number of halogens is 1. The van der Waals surface area contributed by atoms with Crippen molar-refractivity contribution in [3.8, 4) is 11.4 Å². The van der Waals surface area contributed by atoms with Crippen molar-refractivity contribution in [2.24, 2.45) is 0 Å². The molecule has 1 aromatic heterocycles. The number of carboxylic acid groups (broad SMARTS) is 1. The van der Waals surface area contributed by atoms with Crippen LogP contribution in [-0.2, 0) is 6.54 Å². The molecular formula is C17H13BrN2O2. The first-order chi connectivity index (χ1) is 10.6. The van der Waals surface area contributed by atoms with E-state index in [0.29, 0.717) is 12.1 Å². The summed E-state index contributed by atoms with van der Waals surface area (Å²) in [4.78, 5) is 15.5. The molecule has 0 amide bonds. The van der Waals surface area contributed by atoms with E-state index in [4.69, 9.17) is 5.11 Å². The summed E-state index contributed by atoms with van der Waals surface area (Å²) in [5.74, 6) is -0.0678. The van der Waals surface area contributed by atoms with Gasteiger partial charge < -0.3 is 9.67 Å². The van der Waals surface area contributed by atoms with Gasteiger partial charge in [-0.25, -0.2) is 9.78 Å². The Morgan fingerprint density at radius 1 is 1.18 bits per heavy atom. The number of aromatic nitrogens is 2. The van der Waals surface area contributed by atoms with Gasteiger partial charge in [-0.05, 0) is 29.8 Å². The van der Waals surface area contributed by atoms with Crippen LogP contribution in [0.4, 0.5) is 0 Å². The molecule has 0 aliphatic carbocycles. The minimum atomic E-state index is -0.917. The van der Waals surface area contributed by atoms with Gasteiger partial charge in [-0.15, -0.1) is 0 Å². The molecule has 0 aliphatic rings. The van der Waals surface area contributed by atoms with E-state index in [9.17, 15) is 4.79 Å². The molecule has 1 N–H and O–H groups in total. The van der Waals surface area contributed by atoms with Gasteiger partial charge in [0.1, 0.15) is 5.82 Å². The van der Waals surface area contributed by atoms with Crippen molar-refractivity contribution in [2.75, 3.05) is 0 Å². The van der Waals surface area contributed by atoms with Gasteiger partial charge in [0.05, 0.1) is 5.56 Å². The number of hydrogen-bond acceptors (Lipinski definition) is 2. The molecule has 3 rings (SSSR count). The summed E-state index contributed by atoms with van der Waals surface area (Å²) in [5.41, 5.74) is 2.23. The molecule has 4 nitrogen and oxygen atoms in total. The Morgan fingerprint density at radius 2 is 2.00 bits per heavy atom. The average molecular weight is 357 g/mol. The lowest BCUT2D eigenvalue weighted by atomic mass is 10.1. The third kappa shape index (κ3) is 3.09. The van der Waals surface area contributed by atoms with Crippen LogP contribution in [0.3, 0.4) is 0 Å². The lowest BCUT2D eigenvalue weighted by Gasteiger charge is -2.09. The van der Waals surface area contributed by atoms with Gasteiger partial charge >= 0.3 is 5.97 Å². The summed E-state index contributed by atoms with van der Waals surface area (Å²) < 4.78 is 3.00. The third-order valence-corrected chi connectivity index (χ3v) is 3.82. The molecule has 5 heteroatoms. The van der Waals surface area contributed by atoms with Crippen LogP contribution in [0.1, 0.15) is 15.9 Å². The number of carbonyl (C=O) groups is 1. The number of hydrogen-bond donors (Lipinski definition) is 1. The predicted molar refractivity (Wildman–Crippen MR) is 87.9 cm³/mol. The summed E-state index contributed by atoms with van der Waals surface area (Å²) >= 11 is 3.46. The molecule has 0 saturated heterocycles. The lowest BCUT2D eigenvalue weighted by molar-refractivity contribution is 0.0696. The second kappa shape index (κ2) is 6.15. The van der Waals surface area contributed by atoms with Gasteiger partial charge in [-0.2, -0.15) is 0 Å². The molecule has 0 unspecified atom stereocenters. The smallest absolute Gasteiger partial charge is 0.335 e. The molecule has 0 saturated carbocycles. The van der Waals surface area contributed by atoms with Gasteiger partial charge in [0.15, 0.2) is 0 Å². The molecular weight excluding hydrogens is 344 g/mol. The van der Waals surface area contributed by atoms with Crippen molar-refractivity contribution in [1.29, 1.82) is 0 Å². The average Bonchev–Trinajstić information content (AvgIpc) is 2.95. The minimum absolute atomic E-state index is 0.293. The first kappa shape index (κ1) is 14.5. The Kier molecular flexibility index (Phi) is 4.06. The maximum Gasteiger partial charge on any atom is 0.335 e. The molecule has 110 valence electrons. The summed E-state index contributed by atoms with van der Waals surface area (Å²) in [6, 6.07) is 14.9. The van der Waals surface area contributed by atoms with E-state index in [-0.39, 0.29) is 0 Å². The SMILES string of the molecule is O=C(O)c1cccc(Cn2ccnc2-c2cccc(Br)c2)c1. The number of imidazole rings is 1. The van der Waals surface area contributed by atoms with Gasteiger partial charge in [-0.3, -0.25) is 0 Å². The van der Waals surface area contributed by atoms with Gasteiger partial charge in [0, 0.05) is 29.0 Å². The molecule has 0 radical (unpaired) electrons. The zero-order valence-corrected chi connectivity index (χ0v) is 13.2. The Bertz CT molecular complexity index is 827. The molecule has 0 atom stereocenters. The standard InChI is InChI=1S/C17H13BrN2O2/c18-15-6-2-4-13(10-15)16-19-7-8-20(16)11-12-3-1-5-14(9-12)17(21)22/h1-10H,11H2,(H,21,22). The second-order valence-electron chi connectivity index (χ2n) is 4.89. The van der Waals surface area contributed by atoms with Crippen LogP contribution < -0.4 is 0 Å².